The van der Waals surface area contributed by atoms with Crippen molar-refractivity contribution in [3.63, 3.8) is 0 Å². The highest BCUT2D eigenvalue weighted by Gasteiger charge is 2.51. The molecule has 3 N–H and O–H groups in total. The number of H-pyrrole nitrogens is 1. The van der Waals surface area contributed by atoms with Crippen molar-refractivity contribution in [1.29, 1.82) is 0 Å². The van der Waals surface area contributed by atoms with E-state index in [1.807, 2.05) is 30.3 Å². The molecule has 33 heavy (non-hydrogen) atoms. The Morgan fingerprint density at radius 3 is 2.48 bits per heavy atom. The number of aromatic amines is 1. The van der Waals surface area contributed by atoms with E-state index in [0.717, 1.165) is 16.7 Å². The molecule has 8 nitrogen and oxygen atoms in total. The van der Waals surface area contributed by atoms with Gasteiger partial charge in [-0.2, -0.15) is 0 Å². The third kappa shape index (κ3) is 3.85. The lowest BCUT2D eigenvalue weighted by Gasteiger charge is -2.16. The number of rotatable bonds is 6. The van der Waals surface area contributed by atoms with Crippen molar-refractivity contribution in [3.05, 3.63) is 82.8 Å². The van der Waals surface area contributed by atoms with Crippen LogP contribution in [0.2, 0.25) is 0 Å². The Labute approximate surface area is 191 Å². The average molecular weight is 466 g/mol. The largest absolute Gasteiger partial charge is 0.417 e. The van der Waals surface area contributed by atoms with E-state index >= 15 is 0 Å². The van der Waals surface area contributed by atoms with Crippen molar-refractivity contribution in [2.45, 2.75) is 23.2 Å². The molecule has 1 aromatic heterocycles. The number of carbonyl (C=O) groups excluding carboxylic acids is 1. The van der Waals surface area contributed by atoms with Gasteiger partial charge < -0.3 is 9.73 Å². The van der Waals surface area contributed by atoms with E-state index in [1.165, 1.54) is 7.05 Å². The van der Waals surface area contributed by atoms with Crippen molar-refractivity contribution >= 4 is 32.7 Å². The quantitative estimate of drug-likeness (QED) is 0.402. The van der Waals surface area contributed by atoms with Gasteiger partial charge in [0.2, 0.25) is 15.9 Å². The van der Waals surface area contributed by atoms with E-state index in [9.17, 15) is 18.0 Å². The lowest BCUT2D eigenvalue weighted by Crippen LogP contribution is -2.27. The molecule has 1 amide bonds. The minimum atomic E-state index is -3.50. The normalized spacial score (nSPS) is 14.8. The topological polar surface area (TPSA) is 121 Å². The first-order valence-electron chi connectivity index (χ1n) is 10.4. The van der Waals surface area contributed by atoms with Crippen molar-refractivity contribution in [2.24, 2.45) is 0 Å². The summed E-state index contributed by atoms with van der Waals surface area (Å²) in [5.74, 6) is -0.634. The molecule has 0 atom stereocenters. The predicted molar refractivity (Wildman–Crippen MR) is 127 cm³/mol. The molecule has 5 rings (SSSR count). The molecule has 0 saturated heterocycles. The zero-order valence-electron chi connectivity index (χ0n) is 17.7. The minimum absolute atomic E-state index is 0. The summed E-state index contributed by atoms with van der Waals surface area (Å²) in [5, 5.41) is 3.01. The Morgan fingerprint density at radius 1 is 1.03 bits per heavy atom. The van der Waals surface area contributed by atoms with Gasteiger partial charge in [-0.1, -0.05) is 30.3 Å². The number of oxazole rings is 1. The fourth-order valence-corrected chi connectivity index (χ4v) is 4.72. The molecule has 3 aromatic carbocycles. The van der Waals surface area contributed by atoms with Crippen LogP contribution in [0.15, 0.2) is 80.8 Å². The second-order valence-corrected chi connectivity index (χ2v) is 9.96. The maximum absolute atomic E-state index is 13.2. The smallest absolute Gasteiger partial charge is 0.408 e. The number of anilines is 1. The summed E-state index contributed by atoms with van der Waals surface area (Å²) in [6, 6.07) is 19.3. The lowest BCUT2D eigenvalue weighted by molar-refractivity contribution is -0.118. The second kappa shape index (κ2) is 7.72. The zero-order valence-corrected chi connectivity index (χ0v) is 18.5. The lowest BCUT2D eigenvalue weighted by atomic mass is 9.94. The van der Waals surface area contributed by atoms with Gasteiger partial charge in [-0.15, -0.1) is 0 Å². The van der Waals surface area contributed by atoms with Gasteiger partial charge in [0, 0.05) is 7.11 Å². The van der Waals surface area contributed by atoms with Crippen LogP contribution in [0.1, 0.15) is 19.8 Å². The molecule has 1 heterocycles. The first-order valence-corrected chi connectivity index (χ1v) is 11.9. The van der Waals surface area contributed by atoms with E-state index in [1.54, 1.807) is 36.4 Å². The number of benzene rings is 3. The van der Waals surface area contributed by atoms with Crippen molar-refractivity contribution < 1.29 is 19.1 Å². The Balaban J connectivity index is 0.00000274. The molecule has 1 fully saturated rings. The Bertz CT molecular complexity index is 1540. The van der Waals surface area contributed by atoms with Gasteiger partial charge in [-0.3, -0.25) is 9.78 Å². The first kappa shape index (κ1) is 21.2. The molecule has 0 bridgehead atoms. The van der Waals surface area contributed by atoms with Gasteiger partial charge in [0.1, 0.15) is 0 Å². The Kier molecular flexibility index (Phi) is 4.95. The minimum Gasteiger partial charge on any atom is -0.408 e. The van der Waals surface area contributed by atoms with E-state index < -0.39 is 21.2 Å². The molecular weight excluding hydrogens is 442 g/mol. The van der Waals surface area contributed by atoms with Crippen LogP contribution in [-0.2, 0) is 20.2 Å². The van der Waals surface area contributed by atoms with Gasteiger partial charge in [0.05, 0.1) is 15.8 Å². The summed E-state index contributed by atoms with van der Waals surface area (Å²) in [6.07, 6.45) is 1.43. The summed E-state index contributed by atoms with van der Waals surface area (Å²) in [4.78, 5) is 27.5. The molecule has 9 heteroatoms. The van der Waals surface area contributed by atoms with Crippen LogP contribution in [0.4, 0.5) is 5.69 Å². The third-order valence-electron chi connectivity index (χ3n) is 6.04. The van der Waals surface area contributed by atoms with Crippen LogP contribution >= 0.6 is 0 Å². The number of hydrogen-bond acceptors (Lipinski definition) is 5. The van der Waals surface area contributed by atoms with Crippen molar-refractivity contribution in [3.8, 4) is 11.1 Å². The summed E-state index contributed by atoms with van der Waals surface area (Å²) >= 11 is 0. The highest BCUT2D eigenvalue weighted by atomic mass is 32.2. The van der Waals surface area contributed by atoms with Gasteiger partial charge in [-0.05, 0) is 73.0 Å². The summed E-state index contributed by atoms with van der Waals surface area (Å²) in [6.45, 7) is 0. The summed E-state index contributed by atoms with van der Waals surface area (Å²) in [7, 11) is -2.13. The predicted octanol–water partition coefficient (Wildman–Crippen LogP) is 3.61. The Hall–Kier alpha value is -3.69. The number of nitrogens with one attached hydrogen (secondary N) is 3. The van der Waals surface area contributed by atoms with Crippen molar-refractivity contribution in [2.75, 3.05) is 12.4 Å². The summed E-state index contributed by atoms with van der Waals surface area (Å²) in [5.41, 5.74) is 3.56. The number of carbonyl (C=O) groups is 1. The number of sulfonamides is 1. The highest BCUT2D eigenvalue weighted by molar-refractivity contribution is 7.89. The number of aromatic nitrogens is 1. The Morgan fingerprint density at radius 2 is 1.79 bits per heavy atom. The molecule has 0 unspecified atom stereocenters. The standard InChI is InChI=1S/C24H21N3O5S.H2/c1-25-33(30,31)19-8-5-15(6-9-19)16-3-2-4-18(13-16)26-22(28)24(11-12-24)17-7-10-21-20(14-17)27-23(29)32-21;/h2-10,13-14,25H,11-12H2,1H3,(H,26,28)(H,27,29);1H. The monoisotopic (exact) mass is 465 g/mol. The first-order chi connectivity index (χ1) is 15.8. The van der Waals surface area contributed by atoms with Crippen LogP contribution in [-0.4, -0.2) is 26.4 Å². The van der Waals surface area contributed by atoms with Crippen molar-refractivity contribution in [1.82, 2.24) is 9.71 Å². The van der Waals surface area contributed by atoms with E-state index in [-0.39, 0.29) is 12.2 Å². The van der Waals surface area contributed by atoms with Crippen LogP contribution in [0.3, 0.4) is 0 Å². The molecular formula is C24H23N3O5S. The number of fused-ring (bicyclic) bond motifs is 1. The average Bonchev–Trinajstić information content (AvgIpc) is 3.55. The molecule has 170 valence electrons. The van der Waals surface area contributed by atoms with Crippen LogP contribution in [0.25, 0.3) is 22.2 Å². The fraction of sp³-hybridized carbons (Fsp3) is 0.167. The molecule has 0 aliphatic heterocycles. The van der Waals surface area contributed by atoms with Gasteiger partial charge in [0.25, 0.3) is 0 Å². The van der Waals surface area contributed by atoms with Gasteiger partial charge >= 0.3 is 5.76 Å². The number of hydrogen-bond donors (Lipinski definition) is 3. The SMILES string of the molecule is CNS(=O)(=O)c1ccc(-c2cccc(NC(=O)C3(c4ccc5oc(=O)[nH]c5c4)CC3)c2)cc1.[HH]. The molecule has 1 aliphatic rings. The van der Waals surface area contributed by atoms with Gasteiger partial charge in [-0.25, -0.2) is 17.9 Å². The third-order valence-corrected chi connectivity index (χ3v) is 7.47. The molecule has 0 radical (unpaired) electrons. The van der Waals surface area contributed by atoms with E-state index in [0.29, 0.717) is 29.6 Å². The second-order valence-electron chi connectivity index (χ2n) is 8.07. The molecule has 0 spiro atoms. The maximum atomic E-state index is 13.2. The van der Waals surface area contributed by atoms with E-state index in [2.05, 4.69) is 15.0 Å². The van der Waals surface area contributed by atoms with Crippen LogP contribution in [0, 0.1) is 0 Å². The molecule has 4 aromatic rings. The van der Waals surface area contributed by atoms with E-state index in [4.69, 9.17) is 4.42 Å². The van der Waals surface area contributed by atoms with Crippen LogP contribution < -0.4 is 15.8 Å². The molecule has 1 aliphatic carbocycles. The zero-order chi connectivity index (χ0) is 23.2. The number of amides is 1. The summed E-state index contributed by atoms with van der Waals surface area (Å²) < 4.78 is 31.2. The highest BCUT2D eigenvalue weighted by Crippen LogP contribution is 2.49. The maximum Gasteiger partial charge on any atom is 0.417 e. The van der Waals surface area contributed by atoms with Crippen LogP contribution in [0.5, 0.6) is 0 Å². The fourth-order valence-electron chi connectivity index (χ4n) is 3.99. The molecule has 1 saturated carbocycles. The van der Waals surface area contributed by atoms with Gasteiger partial charge in [0.15, 0.2) is 5.58 Å².